The summed E-state index contributed by atoms with van der Waals surface area (Å²) in [5.41, 5.74) is 0.779. The predicted molar refractivity (Wildman–Crippen MR) is 93.1 cm³/mol. The minimum absolute atomic E-state index is 0.360. The highest BCUT2D eigenvalue weighted by Gasteiger charge is 2.45. The lowest BCUT2D eigenvalue weighted by molar-refractivity contribution is -0.141. The standard InChI is InChI=1S/C18H17F3N6/c19-18(20,21)15-2-1-11(6-23-15)7-26-8-12-5-13(9-26)27(12)17-14-3-4-22-16(14)24-10-25-17/h1-4,6,10,12-13H,5,7-9H2,(H,22,24,25). The lowest BCUT2D eigenvalue weighted by Crippen LogP contribution is -2.69. The van der Waals surface area contributed by atoms with E-state index in [4.69, 9.17) is 0 Å². The maximum Gasteiger partial charge on any atom is 0.433 e. The van der Waals surface area contributed by atoms with Crippen LogP contribution in [0.3, 0.4) is 0 Å². The molecule has 1 N–H and O–H groups in total. The zero-order valence-corrected chi connectivity index (χ0v) is 14.3. The molecule has 6 heterocycles. The fraction of sp³-hybridized carbons (Fsp3) is 0.389. The van der Waals surface area contributed by atoms with Gasteiger partial charge in [-0.05, 0) is 24.1 Å². The van der Waals surface area contributed by atoms with Crippen LogP contribution in [0.15, 0.2) is 36.9 Å². The van der Waals surface area contributed by atoms with Crippen molar-refractivity contribution in [1.29, 1.82) is 0 Å². The van der Waals surface area contributed by atoms with Gasteiger partial charge in [0.25, 0.3) is 0 Å². The van der Waals surface area contributed by atoms with E-state index in [0.29, 0.717) is 18.6 Å². The molecule has 2 bridgehead atoms. The molecular formula is C18H17F3N6. The van der Waals surface area contributed by atoms with Gasteiger partial charge in [0, 0.05) is 44.1 Å². The van der Waals surface area contributed by atoms with E-state index in [0.717, 1.165) is 48.0 Å². The van der Waals surface area contributed by atoms with Crippen LogP contribution in [0.25, 0.3) is 11.0 Å². The van der Waals surface area contributed by atoms with Crippen molar-refractivity contribution in [3.05, 3.63) is 48.2 Å². The molecule has 0 amide bonds. The van der Waals surface area contributed by atoms with Crippen molar-refractivity contribution >= 4 is 16.9 Å². The van der Waals surface area contributed by atoms with E-state index < -0.39 is 11.9 Å². The van der Waals surface area contributed by atoms with Crippen LogP contribution in [0, 0.1) is 0 Å². The number of pyridine rings is 1. The first-order valence-corrected chi connectivity index (χ1v) is 8.80. The van der Waals surface area contributed by atoms with Gasteiger partial charge in [-0.25, -0.2) is 9.97 Å². The number of rotatable bonds is 3. The number of aromatic amines is 1. The molecule has 9 heteroatoms. The molecule has 0 spiro atoms. The number of piperazine rings is 1. The van der Waals surface area contributed by atoms with Gasteiger partial charge in [0.2, 0.25) is 0 Å². The molecule has 6 nitrogen and oxygen atoms in total. The highest BCUT2D eigenvalue weighted by atomic mass is 19.4. The van der Waals surface area contributed by atoms with Crippen LogP contribution in [0.4, 0.5) is 19.0 Å². The van der Waals surface area contributed by atoms with Gasteiger partial charge >= 0.3 is 6.18 Å². The number of alkyl halides is 3. The van der Waals surface area contributed by atoms with E-state index in [1.165, 1.54) is 12.3 Å². The third-order valence-electron chi connectivity index (χ3n) is 5.37. The number of aromatic nitrogens is 4. The first kappa shape index (κ1) is 16.5. The van der Waals surface area contributed by atoms with Crippen molar-refractivity contribution in [2.75, 3.05) is 18.0 Å². The van der Waals surface area contributed by atoms with Crippen molar-refractivity contribution in [3.8, 4) is 0 Å². The summed E-state index contributed by atoms with van der Waals surface area (Å²) in [5, 5.41) is 1.02. The van der Waals surface area contributed by atoms with Gasteiger partial charge in [-0.2, -0.15) is 13.2 Å². The summed E-state index contributed by atoms with van der Waals surface area (Å²) in [4.78, 5) is 20.0. The third kappa shape index (κ3) is 2.82. The van der Waals surface area contributed by atoms with E-state index in [1.54, 1.807) is 6.33 Å². The summed E-state index contributed by atoms with van der Waals surface area (Å²) in [7, 11) is 0. The molecule has 0 radical (unpaired) electrons. The van der Waals surface area contributed by atoms with Crippen molar-refractivity contribution in [3.63, 3.8) is 0 Å². The zero-order valence-electron chi connectivity index (χ0n) is 14.3. The van der Waals surface area contributed by atoms with Crippen molar-refractivity contribution in [2.24, 2.45) is 0 Å². The number of nitrogens with zero attached hydrogens (tertiary/aromatic N) is 5. The van der Waals surface area contributed by atoms with E-state index in [2.05, 4.69) is 29.7 Å². The summed E-state index contributed by atoms with van der Waals surface area (Å²) in [6, 6.07) is 5.28. The van der Waals surface area contributed by atoms with Crippen LogP contribution < -0.4 is 4.90 Å². The Hall–Kier alpha value is -2.68. The molecule has 0 saturated carbocycles. The number of halogens is 3. The van der Waals surface area contributed by atoms with Gasteiger partial charge < -0.3 is 9.88 Å². The summed E-state index contributed by atoms with van der Waals surface area (Å²) in [6.07, 6.45) is 1.48. The molecule has 2 atom stereocenters. The Kier molecular flexibility index (Phi) is 3.61. The number of fused-ring (bicyclic) bond motifs is 3. The number of nitrogens with one attached hydrogen (secondary N) is 1. The SMILES string of the molecule is FC(F)(F)c1ccc(CN2CC3CC(C2)N3c2ncnc3[nH]ccc23)cn1. The molecule has 140 valence electrons. The number of anilines is 1. The highest BCUT2D eigenvalue weighted by molar-refractivity contribution is 5.88. The fourth-order valence-electron chi connectivity index (χ4n) is 4.18. The first-order chi connectivity index (χ1) is 13.0. The smallest absolute Gasteiger partial charge is 0.347 e. The van der Waals surface area contributed by atoms with E-state index in [-0.39, 0.29) is 0 Å². The fourth-order valence-corrected chi connectivity index (χ4v) is 4.18. The van der Waals surface area contributed by atoms with Gasteiger partial charge in [-0.3, -0.25) is 9.88 Å². The maximum absolute atomic E-state index is 12.6. The molecule has 6 rings (SSSR count). The third-order valence-corrected chi connectivity index (χ3v) is 5.37. The number of hydrogen-bond donors (Lipinski definition) is 1. The normalized spacial score (nSPS) is 22.9. The monoisotopic (exact) mass is 374 g/mol. The van der Waals surface area contributed by atoms with Crippen molar-refractivity contribution in [1.82, 2.24) is 24.8 Å². The molecular weight excluding hydrogens is 357 g/mol. The van der Waals surface area contributed by atoms with E-state index in [9.17, 15) is 13.2 Å². The van der Waals surface area contributed by atoms with Gasteiger partial charge in [0.15, 0.2) is 0 Å². The summed E-state index contributed by atoms with van der Waals surface area (Å²) >= 11 is 0. The van der Waals surface area contributed by atoms with E-state index >= 15 is 0 Å². The molecule has 3 saturated heterocycles. The lowest BCUT2D eigenvalue weighted by atomic mass is 9.87. The summed E-state index contributed by atoms with van der Waals surface area (Å²) in [5.74, 6) is 0.957. The van der Waals surface area contributed by atoms with Crippen LogP contribution >= 0.6 is 0 Å². The molecule has 27 heavy (non-hydrogen) atoms. The lowest BCUT2D eigenvalue weighted by Gasteiger charge is -2.57. The second kappa shape index (κ2) is 5.91. The quantitative estimate of drug-likeness (QED) is 0.764. The minimum atomic E-state index is -4.40. The molecule has 3 aromatic rings. The van der Waals surface area contributed by atoms with Crippen molar-refractivity contribution in [2.45, 2.75) is 31.2 Å². The van der Waals surface area contributed by atoms with Crippen LogP contribution in [0.2, 0.25) is 0 Å². The second-order valence-electron chi connectivity index (χ2n) is 7.13. The Bertz CT molecular complexity index is 955. The second-order valence-corrected chi connectivity index (χ2v) is 7.13. The Morgan fingerprint density at radius 2 is 1.89 bits per heavy atom. The van der Waals surface area contributed by atoms with Crippen LogP contribution in [-0.4, -0.2) is 50.0 Å². The highest BCUT2D eigenvalue weighted by Crippen LogP contribution is 2.39. The maximum atomic E-state index is 12.6. The molecule has 0 aromatic carbocycles. The average Bonchev–Trinajstić information content (AvgIpc) is 3.11. The Morgan fingerprint density at radius 3 is 2.59 bits per heavy atom. The number of piperidine rings is 1. The average molecular weight is 374 g/mol. The zero-order chi connectivity index (χ0) is 18.6. The molecule has 3 fully saturated rings. The van der Waals surface area contributed by atoms with Gasteiger partial charge in [-0.1, -0.05) is 6.07 Å². The van der Waals surface area contributed by atoms with Crippen molar-refractivity contribution < 1.29 is 13.2 Å². The molecule has 3 aliphatic rings. The Morgan fingerprint density at radius 1 is 1.07 bits per heavy atom. The molecule has 0 aliphatic carbocycles. The molecule has 3 aliphatic heterocycles. The van der Waals surface area contributed by atoms with Gasteiger partial charge in [0.1, 0.15) is 23.5 Å². The minimum Gasteiger partial charge on any atom is -0.347 e. The Balaban J connectivity index is 1.29. The van der Waals surface area contributed by atoms with E-state index in [1.807, 2.05) is 12.3 Å². The topological polar surface area (TPSA) is 60.9 Å². The number of H-pyrrole nitrogens is 1. The predicted octanol–water partition coefficient (Wildman–Crippen LogP) is 2.83. The van der Waals surface area contributed by atoms with Crippen LogP contribution in [0.5, 0.6) is 0 Å². The largest absolute Gasteiger partial charge is 0.433 e. The molecule has 2 unspecified atom stereocenters. The van der Waals surface area contributed by atoms with Gasteiger partial charge in [-0.15, -0.1) is 0 Å². The summed E-state index contributed by atoms with van der Waals surface area (Å²) in [6.45, 7) is 2.32. The molecule has 3 aromatic heterocycles. The summed E-state index contributed by atoms with van der Waals surface area (Å²) < 4.78 is 37.9. The van der Waals surface area contributed by atoms with Crippen LogP contribution in [0.1, 0.15) is 17.7 Å². The number of hydrogen-bond acceptors (Lipinski definition) is 5. The Labute approximate surface area is 153 Å². The first-order valence-electron chi connectivity index (χ1n) is 8.80. The van der Waals surface area contributed by atoms with Crippen LogP contribution in [-0.2, 0) is 12.7 Å². The van der Waals surface area contributed by atoms with Gasteiger partial charge in [0.05, 0.1) is 5.39 Å².